The van der Waals surface area contributed by atoms with Crippen LogP contribution in [0.25, 0.3) is 216 Å². The molecule has 0 atom stereocenters. The molecule has 3 aliphatic rings. The molecule has 708 valence electrons. The van der Waals surface area contributed by atoms with E-state index in [2.05, 4.69) is 543 Å². The molecule has 0 spiro atoms. The lowest BCUT2D eigenvalue weighted by Gasteiger charge is -2.32. The second-order valence-electron chi connectivity index (χ2n) is 39.4. The van der Waals surface area contributed by atoms with Gasteiger partial charge in [0.05, 0.1) is 22.2 Å². The third-order valence-electron chi connectivity index (χ3n) is 29.5. The minimum atomic E-state index is -0.360. The van der Waals surface area contributed by atoms with E-state index in [9.17, 15) is 0 Å². The van der Waals surface area contributed by atoms with E-state index in [0.717, 1.165) is 77.0 Å². The Labute approximate surface area is 880 Å². The Bertz CT molecular complexity index is 9280. The van der Waals surface area contributed by atoms with Gasteiger partial charge < -0.3 is 22.7 Å². The maximum atomic E-state index is 6.27. The van der Waals surface area contributed by atoms with E-state index in [-0.39, 0.29) is 18.3 Å². The second kappa shape index (κ2) is 40.7. The SMILES string of the molecule is Brc1ccc2c(c1)-c1ccccc1C2.Brc1ccc2oc3ccccc3c2c1.CC1(C)OB(c2cccc(-c3cccc(-c4cccc(-c5ccccc5)c4)c3)c2)OC1(C)C.c1ccc(-c2cccc(-c3cccc(-c4cccc(-c5ccc6c(c5)-c5ccccc5C6)c4)c3)c2)cc1.c1ccc(-c2cccc(-c3cccc(-c4cccc(-c5ccc6c(c5)c5ccccc5n6-c5ccc6oc7ccccc7c6c5)c4)c3)c2)cc1. The molecule has 5 nitrogen and oxygen atoms in total. The number of furan rings is 2. The summed E-state index contributed by atoms with van der Waals surface area (Å²) in [7, 11) is -0.360. The van der Waals surface area contributed by atoms with Gasteiger partial charge in [-0.1, -0.05) is 420 Å². The van der Waals surface area contributed by atoms with Gasteiger partial charge in [-0.05, 0) is 346 Å². The van der Waals surface area contributed by atoms with E-state index in [1.54, 1.807) is 0 Å². The lowest BCUT2D eigenvalue weighted by Crippen LogP contribution is -2.41. The summed E-state index contributed by atoms with van der Waals surface area (Å²) >= 11 is 6.98. The Balaban J connectivity index is 0.000000106. The van der Waals surface area contributed by atoms with E-state index in [4.69, 9.17) is 18.1 Å². The second-order valence-corrected chi connectivity index (χ2v) is 41.2. The van der Waals surface area contributed by atoms with Gasteiger partial charge in [-0.25, -0.2) is 0 Å². The third-order valence-corrected chi connectivity index (χ3v) is 30.5. The zero-order chi connectivity index (χ0) is 99.8. The first-order valence-electron chi connectivity index (χ1n) is 50.6. The minimum Gasteiger partial charge on any atom is -0.456 e. The summed E-state index contributed by atoms with van der Waals surface area (Å²) in [6.07, 6.45) is 2.11. The van der Waals surface area contributed by atoms with Gasteiger partial charge in [0.25, 0.3) is 0 Å². The molecule has 2 aliphatic carbocycles. The highest BCUT2D eigenvalue weighted by atomic mass is 79.9. The summed E-state index contributed by atoms with van der Waals surface area (Å²) in [5, 5.41) is 7.08. The molecule has 1 fully saturated rings. The molecule has 3 aromatic heterocycles. The number of hydrogen-bond acceptors (Lipinski definition) is 4. The number of rotatable bonds is 13. The molecule has 0 amide bonds. The first-order chi connectivity index (χ1) is 72.6. The molecule has 1 saturated heterocycles. The average molecular weight is 2030 g/mol. The molecule has 28 rings (SSSR count). The first-order valence-corrected chi connectivity index (χ1v) is 52.2. The van der Waals surface area contributed by atoms with Crippen LogP contribution in [0, 0.1) is 0 Å². The van der Waals surface area contributed by atoms with Gasteiger partial charge in [0, 0.05) is 47.0 Å². The largest absolute Gasteiger partial charge is 0.494 e. The molecule has 148 heavy (non-hydrogen) atoms. The Morgan fingerprint density at radius 1 is 0.196 bits per heavy atom. The molecule has 22 aromatic carbocycles. The van der Waals surface area contributed by atoms with Crippen molar-refractivity contribution < 1.29 is 18.1 Å². The van der Waals surface area contributed by atoms with Crippen LogP contribution in [0.2, 0.25) is 0 Å². The van der Waals surface area contributed by atoms with Crippen molar-refractivity contribution >= 4 is 110 Å². The molecule has 25 aromatic rings. The lowest BCUT2D eigenvalue weighted by molar-refractivity contribution is 0.00578. The van der Waals surface area contributed by atoms with E-state index in [0.29, 0.717) is 0 Å². The third kappa shape index (κ3) is 19.2. The summed E-state index contributed by atoms with van der Waals surface area (Å²) in [5.41, 5.74) is 45.6. The minimum absolute atomic E-state index is 0.350. The number of fused-ring (bicyclic) bond motifs is 15. The van der Waals surface area contributed by atoms with Gasteiger partial charge in [-0.3, -0.25) is 0 Å². The van der Waals surface area contributed by atoms with Crippen LogP contribution in [0.1, 0.15) is 49.9 Å². The van der Waals surface area contributed by atoms with Crippen LogP contribution in [0.3, 0.4) is 0 Å². The van der Waals surface area contributed by atoms with Gasteiger partial charge in [-0.2, -0.15) is 0 Å². The molecule has 0 saturated carbocycles. The fourth-order valence-corrected chi connectivity index (χ4v) is 21.9. The van der Waals surface area contributed by atoms with Crippen LogP contribution in [-0.2, 0) is 22.2 Å². The van der Waals surface area contributed by atoms with Gasteiger partial charge in [0.2, 0.25) is 0 Å². The van der Waals surface area contributed by atoms with Gasteiger partial charge >= 0.3 is 7.12 Å². The molecule has 1 aliphatic heterocycles. The van der Waals surface area contributed by atoms with Crippen molar-refractivity contribution in [3.8, 4) is 150 Å². The normalized spacial score (nSPS) is 12.8. The predicted molar refractivity (Wildman–Crippen MR) is 629 cm³/mol. The maximum absolute atomic E-state index is 6.27. The number of halogens is 2. The van der Waals surface area contributed by atoms with E-state index in [1.807, 2.05) is 42.5 Å². The molecule has 0 bridgehead atoms. The van der Waals surface area contributed by atoms with Crippen LogP contribution >= 0.6 is 31.9 Å². The van der Waals surface area contributed by atoms with Gasteiger partial charge in [0.1, 0.15) is 22.3 Å². The summed E-state index contributed by atoms with van der Waals surface area (Å²) in [5.74, 6) is 0. The number of aromatic nitrogens is 1. The fourth-order valence-electron chi connectivity index (χ4n) is 21.1. The van der Waals surface area contributed by atoms with Gasteiger partial charge in [0.15, 0.2) is 0 Å². The predicted octanol–water partition coefficient (Wildman–Crippen LogP) is 38.6. The molecule has 0 radical (unpaired) electrons. The Kier molecular flexibility index (Phi) is 25.7. The van der Waals surface area contributed by atoms with Crippen molar-refractivity contribution in [1.29, 1.82) is 0 Å². The number of benzene rings is 22. The molecular formula is C140H102BBr2NO4. The van der Waals surface area contributed by atoms with Crippen LogP contribution in [0.5, 0.6) is 0 Å². The quantitative estimate of drug-likeness (QED) is 0.108. The van der Waals surface area contributed by atoms with E-state index < -0.39 is 0 Å². The van der Waals surface area contributed by atoms with Crippen molar-refractivity contribution in [3.63, 3.8) is 0 Å². The van der Waals surface area contributed by atoms with Crippen molar-refractivity contribution in [2.75, 3.05) is 0 Å². The zero-order valence-electron chi connectivity index (χ0n) is 82.5. The Hall–Kier alpha value is -16.8. The summed E-state index contributed by atoms with van der Waals surface area (Å²) in [4.78, 5) is 0. The van der Waals surface area contributed by atoms with Crippen LogP contribution in [0.4, 0.5) is 0 Å². The summed E-state index contributed by atoms with van der Waals surface area (Å²) in [6, 6.07) is 186. The smallest absolute Gasteiger partial charge is 0.456 e. The lowest BCUT2D eigenvalue weighted by atomic mass is 9.78. The number of para-hydroxylation sites is 3. The van der Waals surface area contributed by atoms with Gasteiger partial charge in [-0.15, -0.1) is 0 Å². The monoisotopic (exact) mass is 2030 g/mol. The molecule has 8 heteroatoms. The maximum Gasteiger partial charge on any atom is 0.494 e. The highest BCUT2D eigenvalue weighted by Gasteiger charge is 2.52. The summed E-state index contributed by atoms with van der Waals surface area (Å²) < 4.78 is 29.0. The standard InChI is InChI=1S/C48H31NO.C37H26.C30H29BO2.C13H9Br.C12H7BrO/c1-2-11-32(12-3-1)33-13-8-14-34(27-33)35-15-9-16-36(28-35)37-17-10-18-38(29-37)39-23-25-46-43(30-39)41-19-4-6-21-45(41)49(46)40-24-26-48-44(31-40)42-20-5-7-22-47(42)50-48;1-2-9-26(10-3-1)27-12-6-13-28(21-27)29-14-7-15-30(22-29)31-16-8-17-32(23-31)33-19-20-35-24-34-11-4-5-18-36(34)37(35)25-33;1-29(2)30(3,4)33-31(32-29)28-18-10-17-27(21-28)26-16-9-15-25(20-26)24-14-8-13-23(19-24)22-11-6-5-7-12-22;14-11-6-5-10-7-9-3-1-2-4-12(9)13(10)8-11;13-8-5-6-12-10(7-8)9-3-1-2-4-11(9)14-12/h1-31H;1-23,25H,24H2;5-21H,1-4H3;1-6,8H,7H2;1-7H. The van der Waals surface area contributed by atoms with E-state index in [1.165, 1.54) is 189 Å². The molecule has 0 unspecified atom stereocenters. The van der Waals surface area contributed by atoms with Crippen molar-refractivity contribution in [3.05, 3.63) is 553 Å². The first kappa shape index (κ1) is 93.5. The highest BCUT2D eigenvalue weighted by molar-refractivity contribution is 9.10. The van der Waals surface area contributed by atoms with Crippen LogP contribution in [0.15, 0.2) is 539 Å². The van der Waals surface area contributed by atoms with E-state index >= 15 is 0 Å². The van der Waals surface area contributed by atoms with Crippen LogP contribution in [-0.4, -0.2) is 22.9 Å². The van der Waals surface area contributed by atoms with Crippen LogP contribution < -0.4 is 5.46 Å². The molecular weight excluding hydrogens is 1930 g/mol. The average Bonchev–Trinajstić information content (AvgIpc) is 1.58. The van der Waals surface area contributed by atoms with Crippen molar-refractivity contribution in [2.45, 2.75) is 51.7 Å². The summed E-state index contributed by atoms with van der Waals surface area (Å²) in [6.45, 7) is 8.35. The Morgan fingerprint density at radius 3 is 0.926 bits per heavy atom. The Morgan fingerprint density at radius 2 is 0.486 bits per heavy atom. The number of hydrogen-bond donors (Lipinski definition) is 0. The molecule has 4 heterocycles. The highest BCUT2D eigenvalue weighted by Crippen LogP contribution is 2.46. The fraction of sp³-hybridized carbons (Fsp3) is 0.0571. The van der Waals surface area contributed by atoms with Crippen molar-refractivity contribution in [2.24, 2.45) is 0 Å². The topological polar surface area (TPSA) is 49.7 Å². The number of nitrogens with zero attached hydrogens (tertiary/aromatic N) is 1. The van der Waals surface area contributed by atoms with Crippen molar-refractivity contribution in [1.82, 2.24) is 4.57 Å². The molecule has 0 N–H and O–H groups in total. The zero-order valence-corrected chi connectivity index (χ0v) is 85.7.